The van der Waals surface area contributed by atoms with Crippen molar-refractivity contribution in [2.45, 2.75) is 26.3 Å². The quantitative estimate of drug-likeness (QED) is 0.605. The number of nitrogens with zero attached hydrogens (tertiary/aromatic N) is 4. The molecule has 0 fully saturated rings. The number of aryl methyl sites for hydroxylation is 1. The number of nitrogens with one attached hydrogen (secondary N) is 2. The van der Waals surface area contributed by atoms with E-state index >= 15 is 0 Å². The van der Waals surface area contributed by atoms with E-state index in [1.165, 1.54) is 22.2 Å². The van der Waals surface area contributed by atoms with Gasteiger partial charge in [-0.2, -0.15) is 0 Å². The van der Waals surface area contributed by atoms with Gasteiger partial charge >= 0.3 is 6.03 Å². The lowest BCUT2D eigenvalue weighted by Crippen LogP contribution is -2.30. The normalized spacial score (nSPS) is 10.5. The number of alkyl halides is 2. The third-order valence-corrected chi connectivity index (χ3v) is 4.71. The van der Waals surface area contributed by atoms with Crippen molar-refractivity contribution < 1.29 is 13.6 Å². The molecule has 0 bridgehead atoms. The van der Waals surface area contributed by atoms with Crippen LogP contribution in [0.4, 0.5) is 18.7 Å². The summed E-state index contributed by atoms with van der Waals surface area (Å²) in [5, 5.41) is 5.81. The Morgan fingerprint density at radius 3 is 2.86 bits per heavy atom. The lowest BCUT2D eigenvalue weighted by Gasteiger charge is -2.04. The van der Waals surface area contributed by atoms with Crippen LogP contribution in [-0.2, 0) is 13.0 Å². The zero-order chi connectivity index (χ0) is 20.6. The smallest absolute Gasteiger partial charge is 0.321 e. The fourth-order valence-electron chi connectivity index (χ4n) is 2.37. The van der Waals surface area contributed by atoms with Crippen LogP contribution in [0.25, 0.3) is 0 Å². The highest BCUT2D eigenvalue weighted by molar-refractivity contribution is 7.16. The van der Waals surface area contributed by atoms with E-state index in [9.17, 15) is 13.6 Å². The van der Waals surface area contributed by atoms with Gasteiger partial charge in [-0.1, -0.05) is 17.3 Å². The summed E-state index contributed by atoms with van der Waals surface area (Å²) in [7, 11) is 0. The Morgan fingerprint density at radius 2 is 2.10 bits per heavy atom. The number of urea groups is 1. The van der Waals surface area contributed by atoms with Crippen molar-refractivity contribution in [3.05, 3.63) is 58.9 Å². The first-order chi connectivity index (χ1) is 14.0. The second kappa shape index (κ2) is 9.75. The van der Waals surface area contributed by atoms with Gasteiger partial charge in [-0.3, -0.25) is 10.3 Å². The van der Waals surface area contributed by atoms with Crippen molar-refractivity contribution in [3.63, 3.8) is 0 Å². The van der Waals surface area contributed by atoms with Gasteiger partial charge in [0.2, 0.25) is 0 Å². The molecule has 0 aliphatic heterocycles. The molecule has 3 heterocycles. The van der Waals surface area contributed by atoms with E-state index in [0.29, 0.717) is 23.8 Å². The summed E-state index contributed by atoms with van der Waals surface area (Å²) >= 11 is 1.29. The van der Waals surface area contributed by atoms with Crippen molar-refractivity contribution >= 4 is 22.5 Å². The Hall–Kier alpha value is -3.32. The predicted octanol–water partition coefficient (Wildman–Crippen LogP) is 3.07. The summed E-state index contributed by atoms with van der Waals surface area (Å²) in [5.41, 5.74) is 2.21. The maximum absolute atomic E-state index is 12.3. The molecule has 3 aromatic heterocycles. The fraction of sp³-hybridized carbons (Fsp3) is 0.263. The van der Waals surface area contributed by atoms with Crippen molar-refractivity contribution in [2.75, 3.05) is 11.9 Å². The number of imidazole rings is 1. The maximum atomic E-state index is 12.3. The first kappa shape index (κ1) is 20.4. The van der Waals surface area contributed by atoms with Gasteiger partial charge < -0.3 is 9.88 Å². The van der Waals surface area contributed by atoms with E-state index in [1.54, 1.807) is 18.6 Å². The summed E-state index contributed by atoms with van der Waals surface area (Å²) in [4.78, 5) is 25.1. The summed E-state index contributed by atoms with van der Waals surface area (Å²) in [6, 6.07) is 3.22. The third kappa shape index (κ3) is 6.36. The monoisotopic (exact) mass is 416 g/mol. The number of carbonyl (C=O) groups excluding carboxylic acids is 1. The number of carbonyl (C=O) groups is 1. The van der Waals surface area contributed by atoms with E-state index in [-0.39, 0.29) is 0 Å². The highest BCUT2D eigenvalue weighted by Gasteiger charge is 2.10. The molecular weight excluding hydrogens is 398 g/mol. The highest BCUT2D eigenvalue weighted by atomic mass is 32.1. The van der Waals surface area contributed by atoms with Crippen LogP contribution in [0.1, 0.15) is 21.8 Å². The van der Waals surface area contributed by atoms with E-state index in [0.717, 1.165) is 16.1 Å². The second-order valence-corrected chi connectivity index (χ2v) is 7.00. The Balaban J connectivity index is 1.48. The number of amides is 2. The molecule has 10 heteroatoms. The van der Waals surface area contributed by atoms with Gasteiger partial charge in [0.25, 0.3) is 6.43 Å². The lowest BCUT2D eigenvalue weighted by molar-refractivity contribution is 0.126. The lowest BCUT2D eigenvalue weighted by atomic mass is 10.2. The zero-order valence-corrected chi connectivity index (χ0v) is 16.3. The zero-order valence-electron chi connectivity index (χ0n) is 15.5. The van der Waals surface area contributed by atoms with Crippen LogP contribution in [0.5, 0.6) is 0 Å². The summed E-state index contributed by atoms with van der Waals surface area (Å²) in [6.07, 6.45) is 4.25. The Bertz CT molecular complexity index is 1020. The molecule has 0 aromatic carbocycles. The van der Waals surface area contributed by atoms with Crippen molar-refractivity contribution in [1.29, 1.82) is 0 Å². The largest absolute Gasteiger partial charge is 0.337 e. The minimum atomic E-state index is -2.43. The first-order valence-corrected chi connectivity index (χ1v) is 9.54. The van der Waals surface area contributed by atoms with Crippen LogP contribution in [0.2, 0.25) is 0 Å². The Kier molecular flexibility index (Phi) is 6.86. The molecule has 0 radical (unpaired) electrons. The van der Waals surface area contributed by atoms with Gasteiger partial charge in [0.05, 0.1) is 24.3 Å². The topological polar surface area (TPSA) is 84.7 Å². The van der Waals surface area contributed by atoms with E-state index in [2.05, 4.69) is 37.4 Å². The fourth-order valence-corrected chi connectivity index (χ4v) is 3.19. The number of hydrogen-bond acceptors (Lipinski definition) is 5. The number of anilines is 1. The van der Waals surface area contributed by atoms with Crippen molar-refractivity contribution in [1.82, 2.24) is 24.8 Å². The van der Waals surface area contributed by atoms with E-state index in [1.807, 2.05) is 19.1 Å². The molecule has 0 saturated heterocycles. The van der Waals surface area contributed by atoms with Gasteiger partial charge in [-0.05, 0) is 25.0 Å². The molecular formula is C19H18F2N6OS. The van der Waals surface area contributed by atoms with Crippen molar-refractivity contribution in [2.24, 2.45) is 0 Å². The molecule has 3 rings (SSSR count). The average Bonchev–Trinajstić information content (AvgIpc) is 3.26. The minimum absolute atomic E-state index is 0.316. The molecule has 7 nitrogen and oxygen atoms in total. The highest BCUT2D eigenvalue weighted by Crippen LogP contribution is 2.21. The number of halogens is 2. The van der Waals surface area contributed by atoms with E-state index in [4.69, 9.17) is 0 Å². The molecule has 0 atom stereocenters. The predicted molar refractivity (Wildman–Crippen MR) is 106 cm³/mol. The average molecular weight is 416 g/mol. The first-order valence-electron chi connectivity index (χ1n) is 8.72. The standard InChI is InChI=1S/C19H18F2N6OS/c1-13-16(3-2-14-4-7-22-8-5-14)29-19(25-13)26-18(28)23-9-6-15-10-27(12-24-15)11-17(20)21/h4-5,7-8,10,12,17H,6,9,11H2,1H3,(H2,23,25,26,28). The molecule has 2 N–H and O–H groups in total. The van der Waals surface area contributed by atoms with Crippen LogP contribution in [0.15, 0.2) is 37.1 Å². The third-order valence-electron chi connectivity index (χ3n) is 3.72. The summed E-state index contributed by atoms with van der Waals surface area (Å²) in [6.45, 7) is 1.75. The van der Waals surface area contributed by atoms with E-state index < -0.39 is 19.0 Å². The Labute approximate surface area is 170 Å². The van der Waals surface area contributed by atoms with Crippen LogP contribution in [0.3, 0.4) is 0 Å². The maximum Gasteiger partial charge on any atom is 0.321 e. The molecule has 0 unspecified atom stereocenters. The number of hydrogen-bond donors (Lipinski definition) is 2. The number of thiazole rings is 1. The van der Waals surface area contributed by atoms with Gasteiger partial charge in [0.1, 0.15) is 4.88 Å². The SMILES string of the molecule is Cc1nc(NC(=O)NCCc2cn(CC(F)F)cn2)sc1C#Cc1ccncc1. The molecule has 0 aliphatic carbocycles. The van der Waals surface area contributed by atoms with Gasteiger partial charge in [0.15, 0.2) is 5.13 Å². The number of rotatable bonds is 6. The second-order valence-electron chi connectivity index (χ2n) is 6.00. The molecule has 0 spiro atoms. The number of pyridine rings is 1. The van der Waals surface area contributed by atoms with Crippen LogP contribution < -0.4 is 10.6 Å². The van der Waals surface area contributed by atoms with Gasteiger partial charge in [0, 0.05) is 37.1 Å². The molecule has 150 valence electrons. The summed E-state index contributed by atoms with van der Waals surface area (Å²) in [5.74, 6) is 6.08. The number of aromatic nitrogens is 4. The molecule has 3 aromatic rings. The Morgan fingerprint density at radius 1 is 1.31 bits per heavy atom. The molecule has 0 aliphatic rings. The molecule has 29 heavy (non-hydrogen) atoms. The van der Waals surface area contributed by atoms with Crippen LogP contribution >= 0.6 is 11.3 Å². The molecule has 2 amide bonds. The minimum Gasteiger partial charge on any atom is -0.337 e. The molecule has 0 saturated carbocycles. The van der Waals surface area contributed by atoms with Crippen LogP contribution in [0, 0.1) is 18.8 Å². The van der Waals surface area contributed by atoms with Crippen LogP contribution in [-0.4, -0.2) is 38.5 Å². The van der Waals surface area contributed by atoms with Gasteiger partial charge in [-0.25, -0.2) is 23.5 Å². The van der Waals surface area contributed by atoms with Crippen molar-refractivity contribution in [3.8, 4) is 11.8 Å². The van der Waals surface area contributed by atoms with Gasteiger partial charge in [-0.15, -0.1) is 0 Å². The summed E-state index contributed by atoms with van der Waals surface area (Å²) < 4.78 is 26.0.